The third kappa shape index (κ3) is 7.73. The van der Waals surface area contributed by atoms with Crippen LogP contribution >= 0.6 is 0 Å². The summed E-state index contributed by atoms with van der Waals surface area (Å²) in [6, 6.07) is 29.1. The van der Waals surface area contributed by atoms with Gasteiger partial charge >= 0.3 is 0 Å². The first-order valence-corrected chi connectivity index (χ1v) is 15.5. The number of rotatable bonds is 11. The summed E-state index contributed by atoms with van der Waals surface area (Å²) in [5, 5.41) is 4.55. The van der Waals surface area contributed by atoms with E-state index in [9.17, 15) is 18.0 Å². The highest BCUT2D eigenvalue weighted by Gasteiger charge is 2.33. The molecule has 8 heteroatoms. The maximum atomic E-state index is 14.2. The topological polar surface area (TPSA) is 86.8 Å². The molecular formula is C33H37N3O4S. The number of anilines is 1. The number of hydrogen-bond acceptors (Lipinski definition) is 4. The van der Waals surface area contributed by atoms with Crippen molar-refractivity contribution in [2.75, 3.05) is 17.1 Å². The second-order valence-corrected chi connectivity index (χ2v) is 12.6. The molecule has 4 rings (SSSR count). The van der Waals surface area contributed by atoms with Crippen molar-refractivity contribution in [2.45, 2.75) is 45.8 Å². The first-order chi connectivity index (χ1) is 19.5. The number of carbonyl (C=O) groups excluding carboxylic acids is 2. The van der Waals surface area contributed by atoms with Gasteiger partial charge in [0.15, 0.2) is 0 Å². The van der Waals surface area contributed by atoms with Crippen molar-refractivity contribution < 1.29 is 18.0 Å². The number of nitrogens with zero attached hydrogens (tertiary/aromatic N) is 2. The number of hydrogen-bond donors (Lipinski definition) is 1. The van der Waals surface area contributed by atoms with Gasteiger partial charge in [-0.3, -0.25) is 13.9 Å². The zero-order valence-corrected chi connectivity index (χ0v) is 24.8. The third-order valence-electron chi connectivity index (χ3n) is 6.89. The van der Waals surface area contributed by atoms with Gasteiger partial charge in [0.2, 0.25) is 21.8 Å². The Balaban J connectivity index is 1.78. The summed E-state index contributed by atoms with van der Waals surface area (Å²) in [4.78, 5) is 29.4. The molecule has 4 aromatic carbocycles. The van der Waals surface area contributed by atoms with Crippen LogP contribution in [0.25, 0.3) is 10.8 Å². The van der Waals surface area contributed by atoms with E-state index in [1.54, 1.807) is 12.1 Å². The molecule has 1 atom stereocenters. The molecule has 7 nitrogen and oxygen atoms in total. The molecule has 0 saturated heterocycles. The van der Waals surface area contributed by atoms with Gasteiger partial charge in [-0.1, -0.05) is 96.6 Å². The summed E-state index contributed by atoms with van der Waals surface area (Å²) in [7, 11) is -3.86. The Morgan fingerprint density at radius 3 is 2.10 bits per heavy atom. The van der Waals surface area contributed by atoms with Crippen molar-refractivity contribution in [1.29, 1.82) is 0 Å². The molecular weight excluding hydrogens is 534 g/mol. The molecule has 0 saturated carbocycles. The van der Waals surface area contributed by atoms with E-state index in [4.69, 9.17) is 0 Å². The first-order valence-electron chi connectivity index (χ1n) is 13.7. The predicted octanol–water partition coefficient (Wildman–Crippen LogP) is 5.08. The second-order valence-electron chi connectivity index (χ2n) is 10.6. The second kappa shape index (κ2) is 13.0. The van der Waals surface area contributed by atoms with Crippen molar-refractivity contribution in [3.63, 3.8) is 0 Å². The number of benzene rings is 4. The van der Waals surface area contributed by atoms with Crippen LogP contribution < -0.4 is 9.62 Å². The van der Waals surface area contributed by atoms with Crippen molar-refractivity contribution in [2.24, 2.45) is 0 Å². The molecule has 0 bridgehead atoms. The lowest BCUT2D eigenvalue weighted by Crippen LogP contribution is -2.54. The zero-order valence-electron chi connectivity index (χ0n) is 23.9. The molecule has 0 aliphatic heterocycles. The van der Waals surface area contributed by atoms with Crippen molar-refractivity contribution in [1.82, 2.24) is 10.2 Å². The van der Waals surface area contributed by atoms with Gasteiger partial charge in [0.1, 0.15) is 12.6 Å². The van der Waals surface area contributed by atoms with E-state index < -0.39 is 28.5 Å². The Morgan fingerprint density at radius 2 is 1.44 bits per heavy atom. The lowest BCUT2D eigenvalue weighted by molar-refractivity contribution is -0.140. The van der Waals surface area contributed by atoms with E-state index in [0.29, 0.717) is 5.69 Å². The van der Waals surface area contributed by atoms with Gasteiger partial charge in [-0.25, -0.2) is 8.42 Å². The van der Waals surface area contributed by atoms with Gasteiger partial charge < -0.3 is 10.2 Å². The predicted molar refractivity (Wildman–Crippen MR) is 165 cm³/mol. The molecule has 0 unspecified atom stereocenters. The molecule has 0 aromatic heterocycles. The molecule has 0 fully saturated rings. The lowest BCUT2D eigenvalue weighted by Gasteiger charge is -2.34. The molecule has 4 aromatic rings. The summed E-state index contributed by atoms with van der Waals surface area (Å²) < 4.78 is 27.4. The number of sulfonamides is 1. The molecule has 41 heavy (non-hydrogen) atoms. The van der Waals surface area contributed by atoms with E-state index >= 15 is 0 Å². The minimum atomic E-state index is -3.86. The lowest BCUT2D eigenvalue weighted by atomic mass is 10.0. The number of nitrogens with one attached hydrogen (secondary N) is 1. The molecule has 0 aliphatic rings. The van der Waals surface area contributed by atoms with Crippen molar-refractivity contribution in [3.05, 3.63) is 114 Å². The maximum Gasteiger partial charge on any atom is 0.244 e. The average molecular weight is 572 g/mol. The van der Waals surface area contributed by atoms with Crippen molar-refractivity contribution >= 4 is 38.3 Å². The molecule has 0 heterocycles. The minimum absolute atomic E-state index is 0.139. The normalized spacial score (nSPS) is 12.2. The van der Waals surface area contributed by atoms with Crippen LogP contribution in [-0.2, 0) is 32.6 Å². The summed E-state index contributed by atoms with van der Waals surface area (Å²) in [5.41, 5.74) is 3.23. The van der Waals surface area contributed by atoms with Gasteiger partial charge in [0.25, 0.3) is 0 Å². The van der Waals surface area contributed by atoms with Crippen LogP contribution in [0.4, 0.5) is 5.69 Å². The SMILES string of the molecule is Cc1ccc(CN(C(=O)CN(c2cccc3ccccc23)S(C)(=O)=O)[C@@H](Cc2ccccc2)C(=O)NC(C)C)cc1. The van der Waals surface area contributed by atoms with Gasteiger partial charge in [-0.05, 0) is 43.4 Å². The molecule has 2 amide bonds. The summed E-state index contributed by atoms with van der Waals surface area (Å²) >= 11 is 0. The molecule has 0 radical (unpaired) electrons. The molecule has 1 N–H and O–H groups in total. The van der Waals surface area contributed by atoms with Crippen LogP contribution in [0, 0.1) is 6.92 Å². The monoisotopic (exact) mass is 571 g/mol. The van der Waals surface area contributed by atoms with E-state index in [1.165, 1.54) is 4.90 Å². The van der Waals surface area contributed by atoms with Gasteiger partial charge in [0, 0.05) is 24.4 Å². The van der Waals surface area contributed by atoms with Gasteiger partial charge in [-0.2, -0.15) is 0 Å². The third-order valence-corrected chi connectivity index (χ3v) is 8.02. The number of carbonyl (C=O) groups is 2. The van der Waals surface area contributed by atoms with Crippen molar-refractivity contribution in [3.8, 4) is 0 Å². The Hall–Kier alpha value is -4.17. The summed E-state index contributed by atoms with van der Waals surface area (Å²) in [6.07, 6.45) is 1.38. The summed E-state index contributed by atoms with van der Waals surface area (Å²) in [6.45, 7) is 5.43. The van der Waals surface area contributed by atoms with Crippen LogP contribution in [-0.4, -0.2) is 50.0 Å². The van der Waals surface area contributed by atoms with Crippen LogP contribution in [0.5, 0.6) is 0 Å². The fraction of sp³-hybridized carbons (Fsp3) is 0.273. The number of amides is 2. The van der Waals surface area contributed by atoms with Gasteiger partial charge in [-0.15, -0.1) is 0 Å². The van der Waals surface area contributed by atoms with E-state index in [0.717, 1.165) is 38.0 Å². The molecule has 0 aliphatic carbocycles. The van der Waals surface area contributed by atoms with E-state index in [1.807, 2.05) is 106 Å². The highest BCUT2D eigenvalue weighted by atomic mass is 32.2. The number of aryl methyl sites for hydroxylation is 1. The zero-order chi connectivity index (χ0) is 29.6. The quantitative estimate of drug-likeness (QED) is 0.272. The van der Waals surface area contributed by atoms with Gasteiger partial charge in [0.05, 0.1) is 11.9 Å². The van der Waals surface area contributed by atoms with Crippen LogP contribution in [0.3, 0.4) is 0 Å². The number of fused-ring (bicyclic) bond motifs is 1. The molecule has 214 valence electrons. The van der Waals surface area contributed by atoms with Crippen LogP contribution in [0.15, 0.2) is 97.1 Å². The Morgan fingerprint density at radius 1 is 0.805 bits per heavy atom. The highest BCUT2D eigenvalue weighted by molar-refractivity contribution is 7.92. The van der Waals surface area contributed by atoms with Crippen LogP contribution in [0.1, 0.15) is 30.5 Å². The Labute approximate surface area is 242 Å². The largest absolute Gasteiger partial charge is 0.352 e. The minimum Gasteiger partial charge on any atom is -0.352 e. The van der Waals surface area contributed by atoms with Crippen LogP contribution in [0.2, 0.25) is 0 Å². The maximum absolute atomic E-state index is 14.2. The smallest absolute Gasteiger partial charge is 0.244 e. The Kier molecular flexibility index (Phi) is 9.45. The Bertz CT molecular complexity index is 1600. The first kappa shape index (κ1) is 29.8. The standard InChI is InChI=1S/C33H37N3O4S/c1-24(2)34-33(38)31(21-26-11-6-5-7-12-26)35(22-27-19-17-25(3)18-20-27)32(37)23-36(41(4,39)40)30-16-10-14-28-13-8-9-15-29(28)30/h5-20,24,31H,21-23H2,1-4H3,(H,34,38)/t31-/m0/s1. The fourth-order valence-corrected chi connectivity index (χ4v) is 5.71. The average Bonchev–Trinajstić information content (AvgIpc) is 2.94. The fourth-order valence-electron chi connectivity index (χ4n) is 4.85. The highest BCUT2D eigenvalue weighted by Crippen LogP contribution is 2.29. The summed E-state index contributed by atoms with van der Waals surface area (Å²) in [5.74, 6) is -0.760. The van der Waals surface area contributed by atoms with E-state index in [2.05, 4.69) is 5.32 Å². The van der Waals surface area contributed by atoms with E-state index in [-0.39, 0.29) is 24.9 Å². The molecule has 0 spiro atoms.